The van der Waals surface area contributed by atoms with Crippen LogP contribution in [0.5, 0.6) is 5.75 Å². The zero-order valence-corrected chi connectivity index (χ0v) is 13.3. The van der Waals surface area contributed by atoms with Crippen molar-refractivity contribution in [3.05, 3.63) is 29.3 Å². The number of hydrogen-bond acceptors (Lipinski definition) is 3. The molecule has 20 heavy (non-hydrogen) atoms. The Morgan fingerprint density at radius 1 is 1.20 bits per heavy atom. The third-order valence-electron chi connectivity index (χ3n) is 3.77. The fourth-order valence-electron chi connectivity index (χ4n) is 2.05. The number of aryl methyl sites for hydroxylation is 1. The zero-order chi connectivity index (χ0) is 15.0. The van der Waals surface area contributed by atoms with Crippen LogP contribution in [0.1, 0.15) is 51.2 Å². The maximum Gasteiger partial charge on any atom is 0.123 e. The Morgan fingerprint density at radius 2 is 1.90 bits per heavy atom. The van der Waals surface area contributed by atoms with E-state index in [1.165, 1.54) is 5.56 Å². The lowest BCUT2D eigenvalue weighted by Gasteiger charge is -2.26. The molecule has 114 valence electrons. The van der Waals surface area contributed by atoms with Crippen LogP contribution in [0.3, 0.4) is 0 Å². The molecule has 0 unspecified atom stereocenters. The molecule has 0 atom stereocenters. The van der Waals surface area contributed by atoms with Crippen molar-refractivity contribution in [3.63, 3.8) is 0 Å². The van der Waals surface area contributed by atoms with Crippen LogP contribution in [-0.4, -0.2) is 23.9 Å². The fourth-order valence-corrected chi connectivity index (χ4v) is 2.05. The van der Waals surface area contributed by atoms with Crippen molar-refractivity contribution in [2.75, 3.05) is 13.2 Å². The summed E-state index contributed by atoms with van der Waals surface area (Å²) in [6.07, 6.45) is 2.53. The first kappa shape index (κ1) is 17.0. The summed E-state index contributed by atoms with van der Waals surface area (Å²) in [4.78, 5) is 0. The minimum atomic E-state index is -0.723. The molecule has 0 radical (unpaired) electrons. The van der Waals surface area contributed by atoms with Crippen molar-refractivity contribution in [3.8, 4) is 5.75 Å². The molecule has 0 aliphatic rings. The van der Waals surface area contributed by atoms with Crippen molar-refractivity contribution < 1.29 is 9.84 Å². The molecule has 3 heteroatoms. The van der Waals surface area contributed by atoms with Gasteiger partial charge in [0.15, 0.2) is 0 Å². The molecule has 0 fully saturated rings. The Hall–Kier alpha value is -1.06. The maximum atomic E-state index is 10.3. The Labute approximate surface area is 123 Å². The second kappa shape index (κ2) is 8.28. The molecule has 0 aliphatic heterocycles. The molecular weight excluding hydrogens is 250 g/mol. The van der Waals surface area contributed by atoms with E-state index in [0.29, 0.717) is 19.4 Å². The van der Waals surface area contributed by atoms with Gasteiger partial charge in [0.1, 0.15) is 12.4 Å². The average Bonchev–Trinajstić information content (AvgIpc) is 2.46. The predicted octanol–water partition coefficient (Wildman–Crippen LogP) is 3.42. The smallest absolute Gasteiger partial charge is 0.123 e. The van der Waals surface area contributed by atoms with Gasteiger partial charge in [0.05, 0.1) is 5.60 Å². The molecule has 0 heterocycles. The van der Waals surface area contributed by atoms with Crippen LogP contribution in [0.4, 0.5) is 0 Å². The van der Waals surface area contributed by atoms with E-state index in [1.54, 1.807) is 0 Å². The molecule has 0 aliphatic carbocycles. The number of rotatable bonds is 9. The standard InChI is InChI=1S/C17H29NO2/c1-5-10-18-12-15-11-14(4)8-9-16(15)20-13-17(19,6-2)7-3/h8-9,11,18-19H,5-7,10,12-13H2,1-4H3. The van der Waals surface area contributed by atoms with Crippen molar-refractivity contribution in [1.82, 2.24) is 5.32 Å². The minimum Gasteiger partial charge on any atom is -0.490 e. The maximum absolute atomic E-state index is 10.3. The van der Waals surface area contributed by atoms with Gasteiger partial charge in [-0.1, -0.05) is 38.5 Å². The summed E-state index contributed by atoms with van der Waals surface area (Å²) < 4.78 is 5.88. The molecule has 0 saturated carbocycles. The molecule has 0 amide bonds. The summed E-state index contributed by atoms with van der Waals surface area (Å²) >= 11 is 0. The van der Waals surface area contributed by atoms with Crippen LogP contribution in [0, 0.1) is 6.92 Å². The third kappa shape index (κ3) is 5.14. The Kier molecular flexibility index (Phi) is 7.03. The SMILES string of the molecule is CCCNCc1cc(C)ccc1OCC(O)(CC)CC. The molecule has 0 aromatic heterocycles. The molecular formula is C17H29NO2. The predicted molar refractivity (Wildman–Crippen MR) is 84.2 cm³/mol. The first-order chi connectivity index (χ1) is 9.54. The highest BCUT2D eigenvalue weighted by atomic mass is 16.5. The molecule has 1 rings (SSSR count). The molecule has 0 bridgehead atoms. The van der Waals surface area contributed by atoms with Crippen molar-refractivity contribution in [2.24, 2.45) is 0 Å². The Balaban J connectivity index is 2.73. The van der Waals surface area contributed by atoms with Gasteiger partial charge in [0.2, 0.25) is 0 Å². The van der Waals surface area contributed by atoms with E-state index in [9.17, 15) is 5.11 Å². The molecule has 2 N–H and O–H groups in total. The number of ether oxygens (including phenoxy) is 1. The highest BCUT2D eigenvalue weighted by Gasteiger charge is 2.23. The van der Waals surface area contributed by atoms with E-state index < -0.39 is 5.60 Å². The summed E-state index contributed by atoms with van der Waals surface area (Å²) in [6.45, 7) is 10.4. The van der Waals surface area contributed by atoms with Gasteiger partial charge in [-0.2, -0.15) is 0 Å². The Morgan fingerprint density at radius 3 is 2.50 bits per heavy atom. The lowest BCUT2D eigenvalue weighted by molar-refractivity contribution is -0.0116. The summed E-state index contributed by atoms with van der Waals surface area (Å²) in [5.41, 5.74) is 1.67. The van der Waals surface area contributed by atoms with E-state index in [-0.39, 0.29) is 0 Å². The molecule has 1 aromatic carbocycles. The van der Waals surface area contributed by atoms with Crippen LogP contribution in [0.25, 0.3) is 0 Å². The number of aliphatic hydroxyl groups is 1. The summed E-state index contributed by atoms with van der Waals surface area (Å²) in [7, 11) is 0. The van der Waals surface area contributed by atoms with E-state index in [1.807, 2.05) is 19.9 Å². The van der Waals surface area contributed by atoms with E-state index >= 15 is 0 Å². The van der Waals surface area contributed by atoms with Crippen LogP contribution >= 0.6 is 0 Å². The molecule has 3 nitrogen and oxygen atoms in total. The molecule has 0 saturated heterocycles. The van der Waals surface area contributed by atoms with Gasteiger partial charge in [0, 0.05) is 12.1 Å². The summed E-state index contributed by atoms with van der Waals surface area (Å²) in [5, 5.41) is 13.7. The lowest BCUT2D eigenvalue weighted by atomic mass is 9.99. The second-order valence-electron chi connectivity index (χ2n) is 5.51. The largest absolute Gasteiger partial charge is 0.490 e. The first-order valence-corrected chi connectivity index (χ1v) is 7.70. The van der Waals surface area contributed by atoms with Gasteiger partial charge >= 0.3 is 0 Å². The summed E-state index contributed by atoms with van der Waals surface area (Å²) in [5.74, 6) is 0.875. The monoisotopic (exact) mass is 279 g/mol. The van der Waals surface area contributed by atoms with Gasteiger partial charge < -0.3 is 15.2 Å². The van der Waals surface area contributed by atoms with E-state index in [4.69, 9.17) is 4.74 Å². The third-order valence-corrected chi connectivity index (χ3v) is 3.77. The highest BCUT2D eigenvalue weighted by molar-refractivity contribution is 5.37. The van der Waals surface area contributed by atoms with Gasteiger partial charge in [-0.05, 0) is 38.8 Å². The van der Waals surface area contributed by atoms with Crippen LogP contribution in [0.2, 0.25) is 0 Å². The normalized spacial score (nSPS) is 11.7. The zero-order valence-electron chi connectivity index (χ0n) is 13.3. The number of nitrogens with one attached hydrogen (secondary N) is 1. The van der Waals surface area contributed by atoms with Crippen molar-refractivity contribution in [2.45, 2.75) is 59.1 Å². The number of hydrogen-bond donors (Lipinski definition) is 2. The molecule has 0 spiro atoms. The van der Waals surface area contributed by atoms with Crippen LogP contribution in [0.15, 0.2) is 18.2 Å². The minimum absolute atomic E-state index is 0.351. The van der Waals surface area contributed by atoms with Gasteiger partial charge in [-0.25, -0.2) is 0 Å². The quantitative estimate of drug-likeness (QED) is 0.681. The van der Waals surface area contributed by atoms with Gasteiger partial charge in [-0.3, -0.25) is 0 Å². The molecule has 1 aromatic rings. The lowest BCUT2D eigenvalue weighted by Crippen LogP contribution is -2.34. The van der Waals surface area contributed by atoms with Gasteiger partial charge in [-0.15, -0.1) is 0 Å². The van der Waals surface area contributed by atoms with E-state index in [0.717, 1.165) is 30.8 Å². The van der Waals surface area contributed by atoms with Crippen molar-refractivity contribution >= 4 is 0 Å². The summed E-state index contributed by atoms with van der Waals surface area (Å²) in [6, 6.07) is 6.20. The topological polar surface area (TPSA) is 41.5 Å². The van der Waals surface area contributed by atoms with Crippen LogP contribution < -0.4 is 10.1 Å². The average molecular weight is 279 g/mol. The second-order valence-corrected chi connectivity index (χ2v) is 5.51. The first-order valence-electron chi connectivity index (χ1n) is 7.70. The number of benzene rings is 1. The Bertz CT molecular complexity index is 400. The highest BCUT2D eigenvalue weighted by Crippen LogP contribution is 2.23. The fraction of sp³-hybridized carbons (Fsp3) is 0.647. The van der Waals surface area contributed by atoms with E-state index in [2.05, 4.69) is 31.3 Å². The van der Waals surface area contributed by atoms with Crippen LogP contribution in [-0.2, 0) is 6.54 Å². The van der Waals surface area contributed by atoms with Crippen molar-refractivity contribution in [1.29, 1.82) is 0 Å². The van der Waals surface area contributed by atoms with Gasteiger partial charge in [0.25, 0.3) is 0 Å².